The number of nitrogens with one attached hydrogen (secondary N) is 3. The molecule has 0 aliphatic carbocycles. The molecule has 0 aliphatic rings. The van der Waals surface area contributed by atoms with E-state index in [4.69, 9.17) is 26.4 Å². The zero-order valence-corrected chi connectivity index (χ0v) is 22.4. The first-order valence-corrected chi connectivity index (χ1v) is 13.4. The van der Waals surface area contributed by atoms with Crippen molar-refractivity contribution in [3.8, 4) is 5.75 Å². The molecule has 18 nitrogen and oxygen atoms in total. The molecule has 0 aromatic heterocycles. The second kappa shape index (κ2) is 16.2. The molecular weight excluding hydrogens is 573 g/mol. The zero-order chi connectivity index (χ0) is 31.3. The summed E-state index contributed by atoms with van der Waals surface area (Å²) in [5.41, 5.74) is 11.0. The standard InChI is InChI=1S/C22H32N5O13P/c23-13(10-40-41(37,38)39)19(32)25-14(5-7-17(24)29)20(33)26-15(6-8-18(30)31)21(34)27-16(22(35)36)9-11-1-3-12(28)4-2-11/h1-4,13-16,28H,5-10,23H2,(H2,24,29)(H,25,32)(H,26,33)(H,27,34)(H,30,31)(H,35,36)(H2,37,38,39)/t13-,14-,15-,16-/m0/s1. The van der Waals surface area contributed by atoms with Crippen molar-refractivity contribution >= 4 is 43.4 Å². The third-order valence-electron chi connectivity index (χ3n) is 5.34. The zero-order valence-electron chi connectivity index (χ0n) is 21.5. The molecule has 228 valence electrons. The molecule has 0 bridgehead atoms. The summed E-state index contributed by atoms with van der Waals surface area (Å²) in [7, 11) is -4.97. The Morgan fingerprint density at radius 2 is 1.32 bits per heavy atom. The van der Waals surface area contributed by atoms with Crippen molar-refractivity contribution in [2.24, 2.45) is 11.5 Å². The van der Waals surface area contributed by atoms with Gasteiger partial charge in [0.1, 0.15) is 29.9 Å². The van der Waals surface area contributed by atoms with Crippen LogP contribution in [0.3, 0.4) is 0 Å². The minimum absolute atomic E-state index is 0.0747. The fourth-order valence-electron chi connectivity index (χ4n) is 3.24. The number of carboxylic acids is 2. The molecule has 1 rings (SSSR count). The van der Waals surface area contributed by atoms with Gasteiger partial charge >= 0.3 is 19.8 Å². The molecule has 41 heavy (non-hydrogen) atoms. The van der Waals surface area contributed by atoms with Crippen molar-refractivity contribution in [3.05, 3.63) is 29.8 Å². The maximum absolute atomic E-state index is 13.0. The molecule has 0 unspecified atom stereocenters. The van der Waals surface area contributed by atoms with Gasteiger partial charge in [-0.1, -0.05) is 12.1 Å². The van der Waals surface area contributed by atoms with E-state index < -0.39 is 99.8 Å². The van der Waals surface area contributed by atoms with Crippen molar-refractivity contribution in [1.29, 1.82) is 0 Å². The molecule has 0 heterocycles. The first kappa shape index (κ1) is 34.9. The van der Waals surface area contributed by atoms with Gasteiger partial charge in [0.05, 0.1) is 6.61 Å². The second-order valence-electron chi connectivity index (χ2n) is 8.72. The molecule has 0 saturated carbocycles. The Bertz CT molecular complexity index is 1160. The second-order valence-corrected chi connectivity index (χ2v) is 9.96. The third-order valence-corrected chi connectivity index (χ3v) is 5.83. The van der Waals surface area contributed by atoms with Crippen LogP contribution in [0.25, 0.3) is 0 Å². The predicted octanol–water partition coefficient (Wildman–Crippen LogP) is -2.96. The van der Waals surface area contributed by atoms with Crippen molar-refractivity contribution in [1.82, 2.24) is 16.0 Å². The number of rotatable bonds is 18. The van der Waals surface area contributed by atoms with Crippen LogP contribution < -0.4 is 27.4 Å². The van der Waals surface area contributed by atoms with Crippen LogP contribution in [-0.4, -0.2) is 91.4 Å². The molecule has 4 atom stereocenters. The van der Waals surface area contributed by atoms with E-state index in [0.717, 1.165) is 0 Å². The Balaban J connectivity index is 3.08. The lowest BCUT2D eigenvalue weighted by Crippen LogP contribution is -2.57. The molecule has 12 N–H and O–H groups in total. The van der Waals surface area contributed by atoms with Crippen LogP contribution in [0.2, 0.25) is 0 Å². The molecule has 4 amide bonds. The number of phenolic OH excluding ortho intramolecular Hbond substituents is 1. The van der Waals surface area contributed by atoms with Crippen LogP contribution in [0.15, 0.2) is 24.3 Å². The van der Waals surface area contributed by atoms with Crippen LogP contribution in [-0.2, 0) is 44.3 Å². The lowest BCUT2D eigenvalue weighted by molar-refractivity contribution is -0.143. The highest BCUT2D eigenvalue weighted by atomic mass is 31.2. The van der Waals surface area contributed by atoms with Crippen molar-refractivity contribution in [2.75, 3.05) is 6.61 Å². The number of phosphoric ester groups is 1. The van der Waals surface area contributed by atoms with Gasteiger partial charge in [-0.05, 0) is 30.5 Å². The van der Waals surface area contributed by atoms with E-state index in [2.05, 4.69) is 20.5 Å². The number of carbonyl (C=O) groups is 6. The number of hydrogen-bond donors (Lipinski definition) is 10. The molecule has 0 radical (unpaired) electrons. The highest BCUT2D eigenvalue weighted by molar-refractivity contribution is 7.46. The molecule has 0 saturated heterocycles. The van der Waals surface area contributed by atoms with E-state index in [0.29, 0.717) is 5.56 Å². The molecule has 0 fully saturated rings. The van der Waals surface area contributed by atoms with Gasteiger partial charge < -0.3 is 52.5 Å². The van der Waals surface area contributed by atoms with Crippen molar-refractivity contribution < 1.29 is 63.0 Å². The lowest BCUT2D eigenvalue weighted by atomic mass is 10.0. The monoisotopic (exact) mass is 605 g/mol. The van der Waals surface area contributed by atoms with Crippen LogP contribution in [0.5, 0.6) is 5.75 Å². The summed E-state index contributed by atoms with van der Waals surface area (Å²) in [5, 5.41) is 34.6. The third kappa shape index (κ3) is 14.2. The van der Waals surface area contributed by atoms with Gasteiger partial charge in [0, 0.05) is 19.3 Å². The van der Waals surface area contributed by atoms with E-state index in [1.807, 2.05) is 0 Å². The summed E-state index contributed by atoms with van der Waals surface area (Å²) in [4.78, 5) is 90.0. The molecule has 1 aromatic rings. The van der Waals surface area contributed by atoms with Crippen LogP contribution >= 0.6 is 7.82 Å². The predicted molar refractivity (Wildman–Crippen MR) is 137 cm³/mol. The van der Waals surface area contributed by atoms with E-state index >= 15 is 0 Å². The summed E-state index contributed by atoms with van der Waals surface area (Å²) >= 11 is 0. The summed E-state index contributed by atoms with van der Waals surface area (Å²) in [6.07, 6.45) is -2.20. The quantitative estimate of drug-likeness (QED) is 0.0748. The summed E-state index contributed by atoms with van der Waals surface area (Å²) in [6, 6.07) is -0.940. The molecule has 0 aliphatic heterocycles. The Morgan fingerprint density at radius 1 is 0.829 bits per heavy atom. The van der Waals surface area contributed by atoms with E-state index in [-0.39, 0.29) is 12.2 Å². The molecule has 19 heteroatoms. The maximum Gasteiger partial charge on any atom is 0.469 e. The number of aromatic hydroxyl groups is 1. The highest BCUT2D eigenvalue weighted by Gasteiger charge is 2.31. The van der Waals surface area contributed by atoms with Gasteiger partial charge in [-0.25, -0.2) is 9.36 Å². The number of amides is 4. The van der Waals surface area contributed by atoms with E-state index in [1.54, 1.807) is 0 Å². The van der Waals surface area contributed by atoms with Gasteiger partial charge in [0.2, 0.25) is 23.6 Å². The van der Waals surface area contributed by atoms with Gasteiger partial charge in [-0.2, -0.15) is 0 Å². The van der Waals surface area contributed by atoms with Gasteiger partial charge in [0.25, 0.3) is 0 Å². The first-order valence-electron chi connectivity index (χ1n) is 11.9. The van der Waals surface area contributed by atoms with Crippen LogP contribution in [0.4, 0.5) is 0 Å². The number of nitrogens with two attached hydrogens (primary N) is 2. The minimum Gasteiger partial charge on any atom is -0.508 e. The normalized spacial score (nSPS) is 14.1. The SMILES string of the molecule is NC(=O)CC[C@H](NC(=O)[C@@H](N)COP(=O)(O)O)C(=O)N[C@@H](CCC(=O)O)C(=O)N[C@@H](Cc1ccc(O)cc1)C(=O)O. The Morgan fingerprint density at radius 3 is 1.78 bits per heavy atom. The van der Waals surface area contributed by atoms with Crippen LogP contribution in [0.1, 0.15) is 31.2 Å². The molecule has 0 spiro atoms. The number of aliphatic carboxylic acids is 2. The molecular formula is C22H32N5O13P. The Labute approximate surface area is 232 Å². The first-order chi connectivity index (χ1) is 19.0. The number of hydrogen-bond acceptors (Lipinski definition) is 10. The lowest BCUT2D eigenvalue weighted by Gasteiger charge is -2.25. The number of benzene rings is 1. The average molecular weight is 605 g/mol. The number of carbonyl (C=O) groups excluding carboxylic acids is 4. The highest BCUT2D eigenvalue weighted by Crippen LogP contribution is 2.35. The number of phenols is 1. The summed E-state index contributed by atoms with van der Waals surface area (Å²) in [5.74, 6) is -7.04. The fraction of sp³-hybridized carbons (Fsp3) is 0.455. The largest absolute Gasteiger partial charge is 0.508 e. The van der Waals surface area contributed by atoms with Crippen molar-refractivity contribution in [3.63, 3.8) is 0 Å². The Hall–Kier alpha value is -4.09. The summed E-state index contributed by atoms with van der Waals surface area (Å²) in [6.45, 7) is -0.943. The van der Waals surface area contributed by atoms with Gasteiger partial charge in [0.15, 0.2) is 0 Å². The fourth-order valence-corrected chi connectivity index (χ4v) is 3.59. The summed E-state index contributed by atoms with van der Waals surface area (Å²) < 4.78 is 15.0. The van der Waals surface area contributed by atoms with Crippen molar-refractivity contribution in [2.45, 2.75) is 56.3 Å². The number of primary amides is 1. The smallest absolute Gasteiger partial charge is 0.469 e. The maximum atomic E-state index is 13.0. The number of carboxylic acid groups (broad SMARTS) is 2. The minimum atomic E-state index is -4.97. The van der Waals surface area contributed by atoms with E-state index in [9.17, 15) is 43.5 Å². The molecule has 1 aromatic carbocycles. The van der Waals surface area contributed by atoms with E-state index in [1.165, 1.54) is 24.3 Å². The topological polar surface area (TPSA) is 318 Å². The van der Waals surface area contributed by atoms with Crippen LogP contribution in [0, 0.1) is 0 Å². The van der Waals surface area contributed by atoms with Gasteiger partial charge in [-0.3, -0.25) is 28.5 Å². The number of phosphoric acid groups is 1. The Kier molecular flexibility index (Phi) is 13.8. The average Bonchev–Trinajstić information content (AvgIpc) is 2.87. The van der Waals surface area contributed by atoms with Gasteiger partial charge in [-0.15, -0.1) is 0 Å².